The normalized spacial score (nSPS) is 12.4. The van der Waals surface area contributed by atoms with Gasteiger partial charge in [-0.25, -0.2) is 0 Å². The van der Waals surface area contributed by atoms with E-state index >= 15 is 0 Å². The first-order chi connectivity index (χ1) is 18.2. The van der Waals surface area contributed by atoms with Gasteiger partial charge in [-0.3, -0.25) is 4.79 Å². The van der Waals surface area contributed by atoms with Crippen LogP contribution in [0.3, 0.4) is 0 Å². The Hall–Kier alpha value is -3.72. The van der Waals surface area contributed by atoms with E-state index in [1.165, 1.54) is 0 Å². The van der Waals surface area contributed by atoms with E-state index in [1.807, 2.05) is 109 Å². The Balaban J connectivity index is 1.83. The molecule has 0 unspecified atom stereocenters. The van der Waals surface area contributed by atoms with E-state index in [1.54, 1.807) is 0 Å². The fraction of sp³-hybridized carbons (Fsp3) is 0.0312. The molecule has 0 aliphatic heterocycles. The van der Waals surface area contributed by atoms with E-state index in [9.17, 15) is 4.79 Å². The number of carbonyl (C=O) groups is 1. The number of nitrogens with zero attached hydrogens (tertiary/aromatic N) is 2. The van der Waals surface area contributed by atoms with Gasteiger partial charge in [0.15, 0.2) is 0 Å². The zero-order valence-corrected chi connectivity index (χ0v) is 22.5. The monoisotopic (exact) mass is 563 g/mol. The van der Waals surface area contributed by atoms with Crippen LogP contribution in [0.4, 0.5) is 5.69 Å². The van der Waals surface area contributed by atoms with Gasteiger partial charge in [-0.1, -0.05) is 101 Å². The molecular formula is C32H25BrN2OP+. The molecule has 0 fully saturated rings. The van der Waals surface area contributed by atoms with Gasteiger partial charge in [0.1, 0.15) is 23.2 Å². The Labute approximate surface area is 226 Å². The molecule has 0 aliphatic rings. The lowest BCUT2D eigenvalue weighted by atomic mass is 10.1. The maximum absolute atomic E-state index is 14.5. The van der Waals surface area contributed by atoms with Crippen LogP contribution in [0, 0.1) is 0 Å². The maximum atomic E-state index is 14.5. The molecule has 0 aliphatic carbocycles. The summed E-state index contributed by atoms with van der Waals surface area (Å²) in [5, 5.41) is 12.8. The van der Waals surface area contributed by atoms with Crippen molar-refractivity contribution in [2.75, 3.05) is 0 Å². The fourth-order valence-electron chi connectivity index (χ4n) is 4.55. The zero-order valence-electron chi connectivity index (χ0n) is 20.1. The summed E-state index contributed by atoms with van der Waals surface area (Å²) in [4.78, 5) is 14.5. The van der Waals surface area contributed by atoms with Gasteiger partial charge in [-0.2, -0.15) is 5.11 Å². The average Bonchev–Trinajstić information content (AvgIpc) is 2.98. The first-order valence-electron chi connectivity index (χ1n) is 12.0. The van der Waals surface area contributed by atoms with Crippen LogP contribution in [-0.4, -0.2) is 11.6 Å². The highest BCUT2D eigenvalue weighted by molar-refractivity contribution is 9.10. The molecule has 0 saturated heterocycles. The molecule has 0 spiro atoms. The van der Waals surface area contributed by atoms with Crippen LogP contribution < -0.4 is 15.9 Å². The number of hydrogen-bond donors (Lipinski definition) is 0. The number of rotatable bonds is 8. The van der Waals surface area contributed by atoms with Crippen LogP contribution in [0.2, 0.25) is 0 Å². The Morgan fingerprint density at radius 2 is 0.973 bits per heavy atom. The van der Waals surface area contributed by atoms with Gasteiger partial charge in [0.2, 0.25) is 5.78 Å². The Morgan fingerprint density at radius 1 is 0.568 bits per heavy atom. The van der Waals surface area contributed by atoms with Crippen molar-refractivity contribution < 1.29 is 4.79 Å². The van der Waals surface area contributed by atoms with Crippen LogP contribution in [0.25, 0.3) is 0 Å². The van der Waals surface area contributed by atoms with E-state index in [-0.39, 0.29) is 5.78 Å². The molecule has 5 aromatic rings. The van der Waals surface area contributed by atoms with Crippen LogP contribution in [0.5, 0.6) is 0 Å². The summed E-state index contributed by atoms with van der Waals surface area (Å²) >= 11 is 3.48. The summed E-state index contributed by atoms with van der Waals surface area (Å²) in [7, 11) is -2.65. The smallest absolute Gasteiger partial charge is 0.253 e. The number of halogens is 1. The maximum Gasteiger partial charge on any atom is 0.253 e. The van der Waals surface area contributed by atoms with Gasteiger partial charge in [-0.15, -0.1) is 5.11 Å². The molecule has 1 atom stereocenters. The number of ketones is 1. The predicted molar refractivity (Wildman–Crippen MR) is 158 cm³/mol. The second kappa shape index (κ2) is 11.6. The molecule has 0 saturated carbocycles. The van der Waals surface area contributed by atoms with Crippen LogP contribution >= 0.6 is 23.2 Å². The van der Waals surface area contributed by atoms with E-state index in [0.29, 0.717) is 11.3 Å². The first kappa shape index (κ1) is 25.0. The van der Waals surface area contributed by atoms with Crippen molar-refractivity contribution in [1.29, 1.82) is 0 Å². The largest absolute Gasteiger partial charge is 0.287 e. The lowest BCUT2D eigenvalue weighted by Crippen LogP contribution is -2.41. The molecule has 0 N–H and O–H groups in total. The number of Topliss-reactive ketones (excluding diaryl/α,β-unsaturated/α-hetero) is 1. The topological polar surface area (TPSA) is 41.8 Å². The molecule has 0 radical (unpaired) electrons. The van der Waals surface area contributed by atoms with Crippen LogP contribution in [0.15, 0.2) is 160 Å². The van der Waals surface area contributed by atoms with Gasteiger partial charge >= 0.3 is 0 Å². The van der Waals surface area contributed by atoms with E-state index in [2.05, 4.69) is 57.4 Å². The standard InChI is InChI=1S/C32H25BrN2OP/c33-26-21-23-27(24-22-26)34-35-32(31(36)25-13-5-1-6-14-25)37(28-15-7-2-8-16-28,29-17-9-3-10-18-29)30-19-11-4-12-20-30/h1-24,32H/q+1/t32-/m1/s1. The van der Waals surface area contributed by atoms with Crippen molar-refractivity contribution in [2.24, 2.45) is 10.2 Å². The molecule has 5 rings (SSSR count). The number of benzene rings is 5. The van der Waals surface area contributed by atoms with Crippen molar-refractivity contribution >= 4 is 50.6 Å². The third-order valence-corrected chi connectivity index (χ3v) is 11.2. The molecule has 0 amide bonds. The van der Waals surface area contributed by atoms with Gasteiger partial charge in [0, 0.05) is 10.0 Å². The van der Waals surface area contributed by atoms with Crippen molar-refractivity contribution in [1.82, 2.24) is 0 Å². The highest BCUT2D eigenvalue weighted by Crippen LogP contribution is 2.61. The Morgan fingerprint density at radius 3 is 1.41 bits per heavy atom. The van der Waals surface area contributed by atoms with Crippen molar-refractivity contribution in [2.45, 2.75) is 5.78 Å². The van der Waals surface area contributed by atoms with Crippen LogP contribution in [0.1, 0.15) is 10.4 Å². The molecular weight excluding hydrogens is 539 g/mol. The van der Waals surface area contributed by atoms with Crippen LogP contribution in [-0.2, 0) is 0 Å². The average molecular weight is 564 g/mol. The number of carbonyl (C=O) groups excluding carboxylic acids is 1. The number of azo groups is 1. The molecule has 180 valence electrons. The predicted octanol–water partition coefficient (Wildman–Crippen LogP) is 7.74. The molecule has 0 bridgehead atoms. The molecule has 3 nitrogen and oxygen atoms in total. The van der Waals surface area contributed by atoms with Gasteiger partial charge in [0.05, 0.1) is 5.69 Å². The van der Waals surface area contributed by atoms with E-state index in [4.69, 9.17) is 5.11 Å². The summed E-state index contributed by atoms with van der Waals surface area (Å²) in [5.41, 5.74) is 1.32. The summed E-state index contributed by atoms with van der Waals surface area (Å²) in [6.07, 6.45) is 0. The molecule has 0 aromatic heterocycles. The second-order valence-corrected chi connectivity index (χ2v) is 12.9. The third kappa shape index (κ3) is 5.22. The van der Waals surface area contributed by atoms with Gasteiger partial charge in [-0.05, 0) is 60.7 Å². The number of hydrogen-bond acceptors (Lipinski definition) is 3. The Kier molecular flexibility index (Phi) is 7.79. The fourth-order valence-corrected chi connectivity index (χ4v) is 9.19. The molecule has 5 heteroatoms. The van der Waals surface area contributed by atoms with Crippen molar-refractivity contribution in [3.8, 4) is 0 Å². The van der Waals surface area contributed by atoms with E-state index < -0.39 is 13.0 Å². The minimum atomic E-state index is -2.65. The van der Waals surface area contributed by atoms with Crippen molar-refractivity contribution in [3.05, 3.63) is 156 Å². The Bertz CT molecular complexity index is 1380. The second-order valence-electron chi connectivity index (χ2n) is 8.53. The van der Waals surface area contributed by atoms with E-state index in [0.717, 1.165) is 20.4 Å². The van der Waals surface area contributed by atoms with Crippen molar-refractivity contribution in [3.63, 3.8) is 0 Å². The van der Waals surface area contributed by atoms with Gasteiger partial charge < -0.3 is 0 Å². The first-order valence-corrected chi connectivity index (χ1v) is 14.7. The summed E-state index contributed by atoms with van der Waals surface area (Å²) in [6, 6.07) is 48.0. The SMILES string of the molecule is O=C(c1ccccc1)[C@H](N=Nc1ccc(Br)cc1)[P+](c1ccccc1)(c1ccccc1)c1ccccc1. The lowest BCUT2D eigenvalue weighted by Gasteiger charge is -2.31. The summed E-state index contributed by atoms with van der Waals surface area (Å²) in [5.74, 6) is -0.808. The minimum Gasteiger partial charge on any atom is -0.287 e. The molecule has 37 heavy (non-hydrogen) atoms. The third-order valence-electron chi connectivity index (χ3n) is 6.26. The zero-order chi connectivity index (χ0) is 25.5. The quantitative estimate of drug-likeness (QED) is 0.108. The summed E-state index contributed by atoms with van der Waals surface area (Å²) < 4.78 is 0.961. The minimum absolute atomic E-state index is 0.0497. The van der Waals surface area contributed by atoms with Gasteiger partial charge in [0.25, 0.3) is 5.78 Å². The molecule has 5 aromatic carbocycles. The highest BCUT2D eigenvalue weighted by atomic mass is 79.9. The lowest BCUT2D eigenvalue weighted by molar-refractivity contribution is 0.0988. The summed E-state index contributed by atoms with van der Waals surface area (Å²) in [6.45, 7) is 0. The molecule has 0 heterocycles. The highest BCUT2D eigenvalue weighted by Gasteiger charge is 2.56.